The van der Waals surface area contributed by atoms with Gasteiger partial charge in [-0.15, -0.1) is 6.58 Å². The zero-order valence-electron chi connectivity index (χ0n) is 16.1. The molecule has 144 valence electrons. The first-order valence-electron chi connectivity index (χ1n) is 9.52. The van der Waals surface area contributed by atoms with Crippen LogP contribution in [0.4, 0.5) is 0 Å². The topological polar surface area (TPSA) is 64.0 Å². The standard InChI is InChI=1S/C24H21N3O2/c1-3-21(16-8-6-5-7-9-16)26-23(28)17-10-11-19-18-12-13-25-15-20(18)24(29)27(4-2)22(19)14-17/h3,5-15,21H,1,4H2,2H3,(H,26,28)/t21-/m1/s1. The van der Waals surface area contributed by atoms with Crippen LogP contribution in [-0.2, 0) is 6.54 Å². The molecule has 1 amide bonds. The number of carbonyl (C=O) groups excluding carboxylic acids is 1. The highest BCUT2D eigenvalue weighted by atomic mass is 16.1. The Morgan fingerprint density at radius 3 is 2.66 bits per heavy atom. The van der Waals surface area contributed by atoms with Gasteiger partial charge < -0.3 is 9.88 Å². The van der Waals surface area contributed by atoms with E-state index in [0.717, 1.165) is 21.9 Å². The maximum atomic E-state index is 12.9. The minimum atomic E-state index is -0.296. The van der Waals surface area contributed by atoms with Crippen molar-refractivity contribution in [2.24, 2.45) is 0 Å². The molecule has 5 heteroatoms. The Labute approximate surface area is 168 Å². The van der Waals surface area contributed by atoms with Crippen molar-refractivity contribution in [3.63, 3.8) is 0 Å². The zero-order chi connectivity index (χ0) is 20.4. The van der Waals surface area contributed by atoms with Gasteiger partial charge in [-0.25, -0.2) is 0 Å². The van der Waals surface area contributed by atoms with Crippen LogP contribution in [-0.4, -0.2) is 15.5 Å². The van der Waals surface area contributed by atoms with E-state index in [2.05, 4.69) is 16.9 Å². The Kier molecular flexibility index (Phi) is 4.96. The monoisotopic (exact) mass is 383 g/mol. The van der Waals surface area contributed by atoms with Gasteiger partial charge in [-0.3, -0.25) is 14.6 Å². The van der Waals surface area contributed by atoms with Crippen LogP contribution in [0.5, 0.6) is 0 Å². The molecule has 0 spiro atoms. The van der Waals surface area contributed by atoms with E-state index in [1.807, 2.05) is 49.4 Å². The maximum absolute atomic E-state index is 12.9. The Bertz CT molecular complexity index is 1280. The van der Waals surface area contributed by atoms with Crippen molar-refractivity contribution in [1.29, 1.82) is 0 Å². The van der Waals surface area contributed by atoms with Gasteiger partial charge in [0.25, 0.3) is 11.5 Å². The van der Waals surface area contributed by atoms with Crippen LogP contribution >= 0.6 is 0 Å². The van der Waals surface area contributed by atoms with Gasteiger partial charge in [0, 0.05) is 29.9 Å². The lowest BCUT2D eigenvalue weighted by molar-refractivity contribution is 0.0944. The van der Waals surface area contributed by atoms with Crippen molar-refractivity contribution in [2.45, 2.75) is 19.5 Å². The average Bonchev–Trinajstić information content (AvgIpc) is 2.78. The van der Waals surface area contributed by atoms with E-state index in [1.165, 1.54) is 0 Å². The molecule has 1 N–H and O–H groups in total. The molecule has 0 radical (unpaired) electrons. The van der Waals surface area contributed by atoms with E-state index in [4.69, 9.17) is 0 Å². The highest BCUT2D eigenvalue weighted by molar-refractivity contribution is 6.07. The highest BCUT2D eigenvalue weighted by Gasteiger charge is 2.16. The number of hydrogen-bond donors (Lipinski definition) is 1. The summed E-state index contributed by atoms with van der Waals surface area (Å²) in [5.41, 5.74) is 2.09. The van der Waals surface area contributed by atoms with Gasteiger partial charge >= 0.3 is 0 Å². The Morgan fingerprint density at radius 2 is 1.93 bits per heavy atom. The van der Waals surface area contributed by atoms with Crippen molar-refractivity contribution >= 4 is 27.6 Å². The minimum absolute atomic E-state index is 0.103. The van der Waals surface area contributed by atoms with E-state index in [-0.39, 0.29) is 17.5 Å². The molecule has 0 aliphatic carbocycles. The molecule has 4 aromatic rings. The van der Waals surface area contributed by atoms with Crippen LogP contribution < -0.4 is 10.9 Å². The molecular formula is C24H21N3O2. The van der Waals surface area contributed by atoms with Crippen LogP contribution in [0.1, 0.15) is 28.9 Å². The fourth-order valence-electron chi connectivity index (χ4n) is 3.66. The van der Waals surface area contributed by atoms with Crippen molar-refractivity contribution in [1.82, 2.24) is 14.9 Å². The number of amides is 1. The van der Waals surface area contributed by atoms with Crippen molar-refractivity contribution in [3.8, 4) is 0 Å². The van der Waals surface area contributed by atoms with Gasteiger partial charge in [-0.2, -0.15) is 0 Å². The first-order valence-corrected chi connectivity index (χ1v) is 9.52. The normalized spacial score (nSPS) is 12.0. The molecule has 0 fully saturated rings. The van der Waals surface area contributed by atoms with Crippen LogP contribution in [0.3, 0.4) is 0 Å². The third-order valence-corrected chi connectivity index (χ3v) is 5.13. The largest absolute Gasteiger partial charge is 0.342 e. The molecule has 4 rings (SSSR count). The summed E-state index contributed by atoms with van der Waals surface area (Å²) < 4.78 is 1.68. The van der Waals surface area contributed by atoms with Crippen molar-refractivity contribution in [2.75, 3.05) is 0 Å². The maximum Gasteiger partial charge on any atom is 0.260 e. The predicted molar refractivity (Wildman–Crippen MR) is 116 cm³/mol. The van der Waals surface area contributed by atoms with Gasteiger partial charge in [0.15, 0.2) is 0 Å². The number of nitrogens with zero attached hydrogens (tertiary/aromatic N) is 2. The van der Waals surface area contributed by atoms with Crippen LogP contribution in [0.15, 0.2) is 84.4 Å². The van der Waals surface area contributed by atoms with E-state index < -0.39 is 0 Å². The number of nitrogens with one attached hydrogen (secondary N) is 1. The molecule has 2 aromatic heterocycles. The summed E-state index contributed by atoms with van der Waals surface area (Å²) in [7, 11) is 0. The lowest BCUT2D eigenvalue weighted by Gasteiger charge is -2.16. The number of hydrogen-bond acceptors (Lipinski definition) is 3. The Hall–Kier alpha value is -3.73. The lowest BCUT2D eigenvalue weighted by atomic mass is 10.0. The fourth-order valence-corrected chi connectivity index (χ4v) is 3.66. The summed E-state index contributed by atoms with van der Waals surface area (Å²) in [6.45, 7) is 6.26. The third kappa shape index (κ3) is 3.31. The number of carbonyl (C=O) groups is 1. The second-order valence-electron chi connectivity index (χ2n) is 6.80. The number of pyridine rings is 2. The van der Waals surface area contributed by atoms with Gasteiger partial charge in [-0.05, 0) is 36.1 Å². The van der Waals surface area contributed by atoms with Gasteiger partial charge in [0.2, 0.25) is 0 Å². The van der Waals surface area contributed by atoms with Crippen molar-refractivity contribution < 1.29 is 4.79 Å². The summed E-state index contributed by atoms with van der Waals surface area (Å²) in [5.74, 6) is -0.217. The predicted octanol–water partition coefficient (Wildman–Crippen LogP) is 4.23. The van der Waals surface area contributed by atoms with Crippen LogP contribution in [0.25, 0.3) is 21.7 Å². The second-order valence-corrected chi connectivity index (χ2v) is 6.80. The molecule has 0 bridgehead atoms. The molecule has 2 heterocycles. The quantitative estimate of drug-likeness (QED) is 0.414. The highest BCUT2D eigenvalue weighted by Crippen LogP contribution is 2.24. The van der Waals surface area contributed by atoms with Crippen LogP contribution in [0, 0.1) is 0 Å². The first-order chi connectivity index (χ1) is 14.1. The molecule has 0 saturated carbocycles. The summed E-state index contributed by atoms with van der Waals surface area (Å²) in [6.07, 6.45) is 4.97. The second kappa shape index (κ2) is 7.72. The van der Waals surface area contributed by atoms with E-state index in [0.29, 0.717) is 17.5 Å². The van der Waals surface area contributed by atoms with Gasteiger partial charge in [-0.1, -0.05) is 42.5 Å². The molecule has 29 heavy (non-hydrogen) atoms. The number of fused-ring (bicyclic) bond motifs is 3. The summed E-state index contributed by atoms with van der Waals surface area (Å²) in [6, 6.07) is 16.7. The molecule has 0 aliphatic rings. The Balaban J connectivity index is 1.79. The van der Waals surface area contributed by atoms with Gasteiger partial charge in [0.05, 0.1) is 16.9 Å². The number of rotatable bonds is 5. The van der Waals surface area contributed by atoms with Crippen LogP contribution in [0.2, 0.25) is 0 Å². The number of aromatic nitrogens is 2. The minimum Gasteiger partial charge on any atom is -0.342 e. The smallest absolute Gasteiger partial charge is 0.260 e. The first kappa shape index (κ1) is 18.6. The molecule has 0 unspecified atom stereocenters. The molecule has 1 atom stereocenters. The average molecular weight is 383 g/mol. The lowest BCUT2D eigenvalue weighted by Crippen LogP contribution is -2.27. The number of benzene rings is 2. The van der Waals surface area contributed by atoms with Gasteiger partial charge in [0.1, 0.15) is 0 Å². The molecule has 2 aromatic carbocycles. The molecule has 5 nitrogen and oxygen atoms in total. The SMILES string of the molecule is C=C[C@@H](NC(=O)c1ccc2c3ccncc3c(=O)n(CC)c2c1)c1ccccc1. The summed E-state index contributed by atoms with van der Waals surface area (Å²) in [4.78, 5) is 29.9. The third-order valence-electron chi connectivity index (χ3n) is 5.13. The van der Waals surface area contributed by atoms with E-state index >= 15 is 0 Å². The summed E-state index contributed by atoms with van der Waals surface area (Å²) in [5, 5.41) is 5.34. The van der Waals surface area contributed by atoms with E-state index in [9.17, 15) is 9.59 Å². The fraction of sp³-hybridized carbons (Fsp3) is 0.125. The Morgan fingerprint density at radius 1 is 1.14 bits per heavy atom. The van der Waals surface area contributed by atoms with E-state index in [1.54, 1.807) is 35.2 Å². The summed E-state index contributed by atoms with van der Waals surface area (Å²) >= 11 is 0. The van der Waals surface area contributed by atoms with Crippen molar-refractivity contribution in [3.05, 3.63) is 101 Å². The molecule has 0 saturated heterocycles. The number of aryl methyl sites for hydroxylation is 1. The zero-order valence-corrected chi connectivity index (χ0v) is 16.1. The molecule has 0 aliphatic heterocycles. The molecular weight excluding hydrogens is 362 g/mol.